The Balaban J connectivity index is 1.81. The second kappa shape index (κ2) is 3.46. The summed E-state index contributed by atoms with van der Waals surface area (Å²) in [5, 5.41) is 10.2. The SMILES string of the molecule is C[N+]1([C@@H]2CC[C@@H]3CC[C@H]2[C@@H]3O)CCCC1. The number of aliphatic hydroxyl groups excluding tert-OH is 1. The molecule has 0 aromatic rings. The van der Waals surface area contributed by atoms with Crippen molar-refractivity contribution in [2.24, 2.45) is 11.8 Å². The molecule has 2 saturated carbocycles. The Hall–Kier alpha value is -0.0800. The fourth-order valence-corrected chi connectivity index (χ4v) is 4.60. The van der Waals surface area contributed by atoms with Crippen LogP contribution < -0.4 is 0 Å². The predicted octanol–water partition coefficient (Wildman–Crippen LogP) is 1.78. The maximum Gasteiger partial charge on any atom is 0.0941 e. The summed E-state index contributed by atoms with van der Waals surface area (Å²) in [7, 11) is 2.43. The highest BCUT2D eigenvalue weighted by molar-refractivity contribution is 4.94. The molecule has 2 nitrogen and oxygen atoms in total. The molecular formula is C13H24NO+. The third-order valence-corrected chi connectivity index (χ3v) is 5.51. The Morgan fingerprint density at radius 2 is 1.67 bits per heavy atom. The second-order valence-corrected chi connectivity index (χ2v) is 6.27. The molecule has 2 heteroatoms. The van der Waals surface area contributed by atoms with Crippen molar-refractivity contribution in [3.05, 3.63) is 0 Å². The first-order valence-corrected chi connectivity index (χ1v) is 6.73. The van der Waals surface area contributed by atoms with Crippen LogP contribution in [0.4, 0.5) is 0 Å². The van der Waals surface area contributed by atoms with Gasteiger partial charge in [0.1, 0.15) is 0 Å². The van der Waals surface area contributed by atoms with Crippen LogP contribution >= 0.6 is 0 Å². The van der Waals surface area contributed by atoms with Gasteiger partial charge in [-0.05, 0) is 25.2 Å². The lowest BCUT2D eigenvalue weighted by Gasteiger charge is -2.45. The molecular weight excluding hydrogens is 186 g/mol. The molecule has 0 unspecified atom stereocenters. The van der Waals surface area contributed by atoms with E-state index in [9.17, 15) is 5.11 Å². The first kappa shape index (κ1) is 10.1. The lowest BCUT2D eigenvalue weighted by Crippen LogP contribution is -2.56. The molecule has 2 aliphatic carbocycles. The van der Waals surface area contributed by atoms with Gasteiger partial charge in [0.25, 0.3) is 0 Å². The van der Waals surface area contributed by atoms with E-state index in [4.69, 9.17) is 0 Å². The number of hydrogen-bond acceptors (Lipinski definition) is 1. The molecule has 86 valence electrons. The minimum absolute atomic E-state index is 0.0410. The number of fused-ring (bicyclic) bond motifs is 2. The first-order chi connectivity index (χ1) is 7.21. The Labute approximate surface area is 92.9 Å². The minimum atomic E-state index is 0.0410. The van der Waals surface area contributed by atoms with Gasteiger partial charge in [0.2, 0.25) is 0 Å². The largest absolute Gasteiger partial charge is 0.392 e. The van der Waals surface area contributed by atoms with Crippen LogP contribution in [0, 0.1) is 11.8 Å². The zero-order valence-corrected chi connectivity index (χ0v) is 9.86. The lowest BCUT2D eigenvalue weighted by molar-refractivity contribution is -0.927. The van der Waals surface area contributed by atoms with Crippen molar-refractivity contribution < 1.29 is 9.59 Å². The number of rotatable bonds is 1. The summed E-state index contributed by atoms with van der Waals surface area (Å²) in [6.07, 6.45) is 8.10. The molecule has 15 heavy (non-hydrogen) atoms. The molecule has 1 N–H and O–H groups in total. The summed E-state index contributed by atoms with van der Waals surface area (Å²) in [5.74, 6) is 1.28. The topological polar surface area (TPSA) is 20.2 Å². The molecule has 0 amide bonds. The van der Waals surface area contributed by atoms with Crippen molar-refractivity contribution in [2.75, 3.05) is 20.1 Å². The van der Waals surface area contributed by atoms with Gasteiger partial charge >= 0.3 is 0 Å². The number of quaternary nitrogens is 1. The summed E-state index contributed by atoms with van der Waals surface area (Å²) in [4.78, 5) is 0. The minimum Gasteiger partial charge on any atom is -0.392 e. The van der Waals surface area contributed by atoms with Gasteiger partial charge in [0, 0.05) is 25.2 Å². The normalized spacial score (nSPS) is 48.4. The van der Waals surface area contributed by atoms with E-state index in [-0.39, 0.29) is 6.10 Å². The predicted molar refractivity (Wildman–Crippen MR) is 60.4 cm³/mol. The first-order valence-electron chi connectivity index (χ1n) is 6.73. The van der Waals surface area contributed by atoms with Crippen LogP contribution in [0.1, 0.15) is 38.5 Å². The highest BCUT2D eigenvalue weighted by Gasteiger charge is 2.51. The molecule has 0 spiro atoms. The van der Waals surface area contributed by atoms with E-state index in [0.29, 0.717) is 11.8 Å². The van der Waals surface area contributed by atoms with Gasteiger partial charge in [-0.25, -0.2) is 0 Å². The van der Waals surface area contributed by atoms with E-state index in [1.54, 1.807) is 0 Å². The third kappa shape index (κ3) is 1.45. The molecule has 1 aliphatic heterocycles. The summed E-state index contributed by atoms with van der Waals surface area (Å²) in [6, 6.07) is 0.779. The van der Waals surface area contributed by atoms with Crippen LogP contribution in [0.3, 0.4) is 0 Å². The van der Waals surface area contributed by atoms with Crippen LogP contribution in [0.25, 0.3) is 0 Å². The molecule has 3 fully saturated rings. The van der Waals surface area contributed by atoms with Crippen molar-refractivity contribution in [2.45, 2.75) is 50.7 Å². The van der Waals surface area contributed by atoms with Gasteiger partial charge in [0.05, 0.1) is 32.3 Å². The Kier molecular flexibility index (Phi) is 2.33. The number of nitrogens with zero attached hydrogens (tertiary/aromatic N) is 1. The Bertz CT molecular complexity index is 247. The van der Waals surface area contributed by atoms with Gasteiger partial charge in [-0.1, -0.05) is 0 Å². The van der Waals surface area contributed by atoms with Crippen molar-refractivity contribution in [1.82, 2.24) is 0 Å². The van der Waals surface area contributed by atoms with Crippen molar-refractivity contribution in [1.29, 1.82) is 0 Å². The van der Waals surface area contributed by atoms with E-state index in [2.05, 4.69) is 7.05 Å². The zero-order chi connectivity index (χ0) is 10.5. The smallest absolute Gasteiger partial charge is 0.0941 e. The van der Waals surface area contributed by atoms with Gasteiger partial charge in [-0.3, -0.25) is 0 Å². The molecule has 3 rings (SSSR count). The van der Waals surface area contributed by atoms with Crippen LogP contribution in [-0.4, -0.2) is 41.9 Å². The summed E-state index contributed by atoms with van der Waals surface area (Å²) in [5.41, 5.74) is 0. The fraction of sp³-hybridized carbons (Fsp3) is 1.00. The fourth-order valence-electron chi connectivity index (χ4n) is 4.60. The molecule has 0 radical (unpaired) electrons. The molecule has 0 aromatic carbocycles. The average molecular weight is 210 g/mol. The molecule has 1 saturated heterocycles. The molecule has 0 aromatic heterocycles. The quantitative estimate of drug-likeness (QED) is 0.654. The van der Waals surface area contributed by atoms with Crippen LogP contribution in [-0.2, 0) is 0 Å². The van der Waals surface area contributed by atoms with Gasteiger partial charge < -0.3 is 9.59 Å². The number of likely N-dealkylation sites (tertiary alicyclic amines) is 1. The van der Waals surface area contributed by atoms with Gasteiger partial charge in [0.15, 0.2) is 0 Å². The maximum absolute atomic E-state index is 10.2. The third-order valence-electron chi connectivity index (χ3n) is 5.51. The molecule has 3 aliphatic rings. The van der Waals surface area contributed by atoms with E-state index < -0.39 is 0 Å². The van der Waals surface area contributed by atoms with Gasteiger partial charge in [-0.2, -0.15) is 0 Å². The summed E-state index contributed by atoms with van der Waals surface area (Å²) >= 11 is 0. The summed E-state index contributed by atoms with van der Waals surface area (Å²) in [6.45, 7) is 2.72. The van der Waals surface area contributed by atoms with E-state index in [0.717, 1.165) is 6.04 Å². The van der Waals surface area contributed by atoms with Crippen molar-refractivity contribution >= 4 is 0 Å². The van der Waals surface area contributed by atoms with Crippen LogP contribution in [0.5, 0.6) is 0 Å². The Morgan fingerprint density at radius 3 is 2.40 bits per heavy atom. The maximum atomic E-state index is 10.2. The van der Waals surface area contributed by atoms with E-state index in [1.807, 2.05) is 0 Å². The van der Waals surface area contributed by atoms with Gasteiger partial charge in [-0.15, -0.1) is 0 Å². The van der Waals surface area contributed by atoms with E-state index >= 15 is 0 Å². The molecule has 4 atom stereocenters. The van der Waals surface area contributed by atoms with E-state index in [1.165, 1.54) is 56.1 Å². The average Bonchev–Trinajstić information content (AvgIpc) is 2.72. The number of aliphatic hydroxyl groups is 1. The van der Waals surface area contributed by atoms with Crippen LogP contribution in [0.2, 0.25) is 0 Å². The van der Waals surface area contributed by atoms with Crippen LogP contribution in [0.15, 0.2) is 0 Å². The summed E-state index contributed by atoms with van der Waals surface area (Å²) < 4.78 is 1.27. The number of hydrogen-bond donors (Lipinski definition) is 1. The monoisotopic (exact) mass is 210 g/mol. The highest BCUT2D eigenvalue weighted by atomic mass is 16.3. The second-order valence-electron chi connectivity index (χ2n) is 6.27. The standard InChI is InChI=1S/C13H24NO/c1-14(8-2-3-9-14)12-7-5-10-4-6-11(12)13(10)15/h10-13,15H,2-9H2,1H3/q+1/t10-,11+,12+,13+/m0/s1. The highest BCUT2D eigenvalue weighted by Crippen LogP contribution is 2.46. The molecule has 2 bridgehead atoms. The Morgan fingerprint density at radius 1 is 1.00 bits per heavy atom. The van der Waals surface area contributed by atoms with Crippen molar-refractivity contribution in [3.63, 3.8) is 0 Å². The molecule has 1 heterocycles. The zero-order valence-electron chi connectivity index (χ0n) is 9.86. The van der Waals surface area contributed by atoms with Crippen molar-refractivity contribution in [3.8, 4) is 0 Å². The lowest BCUT2D eigenvalue weighted by atomic mass is 9.80.